The highest BCUT2D eigenvalue weighted by Gasteiger charge is 2.05. The summed E-state index contributed by atoms with van der Waals surface area (Å²) in [6.07, 6.45) is 3.82. The van der Waals surface area contributed by atoms with Crippen molar-refractivity contribution in [3.8, 4) is 0 Å². The first-order chi connectivity index (χ1) is 9.83. The summed E-state index contributed by atoms with van der Waals surface area (Å²) in [5.74, 6) is 0.861. The lowest BCUT2D eigenvalue weighted by atomic mass is 10.1. The lowest BCUT2D eigenvalue weighted by Crippen LogP contribution is -2.05. The van der Waals surface area contributed by atoms with Gasteiger partial charge >= 0.3 is 0 Å². The summed E-state index contributed by atoms with van der Waals surface area (Å²) in [6.45, 7) is 2.96. The monoisotopic (exact) mass is 263 g/mol. The van der Waals surface area contributed by atoms with Gasteiger partial charge in [0.1, 0.15) is 0 Å². The minimum Gasteiger partial charge on any atom is -0.326 e. The van der Waals surface area contributed by atoms with E-state index in [-0.39, 0.29) is 0 Å². The van der Waals surface area contributed by atoms with E-state index in [2.05, 4.69) is 46.1 Å². The first-order valence-electron chi connectivity index (χ1n) is 6.70. The number of nitrogens with one attached hydrogen (secondary N) is 1. The number of anilines is 2. The van der Waals surface area contributed by atoms with Crippen LogP contribution in [0, 0.1) is 6.92 Å². The molecule has 0 saturated carbocycles. The Kier molecular flexibility index (Phi) is 3.50. The van der Waals surface area contributed by atoms with Crippen LogP contribution >= 0.6 is 0 Å². The van der Waals surface area contributed by atoms with Crippen LogP contribution in [0.5, 0.6) is 0 Å². The minimum atomic E-state index is 0.821. The summed E-state index contributed by atoms with van der Waals surface area (Å²) in [4.78, 5) is 4.39. The van der Waals surface area contributed by atoms with E-state index >= 15 is 0 Å². The van der Waals surface area contributed by atoms with Gasteiger partial charge in [-0.3, -0.25) is 0 Å². The molecule has 0 aliphatic carbocycles. The van der Waals surface area contributed by atoms with Crippen LogP contribution in [-0.4, -0.2) is 9.55 Å². The van der Waals surface area contributed by atoms with Gasteiger partial charge in [-0.15, -0.1) is 0 Å². The predicted molar refractivity (Wildman–Crippen MR) is 82.2 cm³/mol. The molecule has 1 heterocycles. The lowest BCUT2D eigenvalue weighted by Gasteiger charge is -2.11. The Morgan fingerprint density at radius 2 is 1.75 bits per heavy atom. The Balaban J connectivity index is 1.82. The van der Waals surface area contributed by atoms with Gasteiger partial charge in [0.25, 0.3) is 0 Å². The Morgan fingerprint density at radius 3 is 2.55 bits per heavy atom. The number of aromatic nitrogens is 2. The fourth-order valence-electron chi connectivity index (χ4n) is 2.18. The second-order valence-electron chi connectivity index (χ2n) is 4.80. The molecule has 0 radical (unpaired) electrons. The van der Waals surface area contributed by atoms with Gasteiger partial charge in [0.15, 0.2) is 0 Å². The second-order valence-corrected chi connectivity index (χ2v) is 4.80. The summed E-state index contributed by atoms with van der Waals surface area (Å²) in [5.41, 5.74) is 3.65. The van der Waals surface area contributed by atoms with Crippen LogP contribution in [0.2, 0.25) is 0 Å². The molecule has 0 saturated heterocycles. The Hall–Kier alpha value is -2.55. The fraction of sp³-hybridized carbons (Fsp3) is 0.118. The maximum atomic E-state index is 4.39. The summed E-state index contributed by atoms with van der Waals surface area (Å²) < 4.78 is 2.12. The van der Waals surface area contributed by atoms with Gasteiger partial charge in [-0.25, -0.2) is 4.98 Å². The quantitative estimate of drug-likeness (QED) is 0.771. The number of hydrogen-bond acceptors (Lipinski definition) is 2. The van der Waals surface area contributed by atoms with Crippen molar-refractivity contribution in [2.45, 2.75) is 13.5 Å². The van der Waals surface area contributed by atoms with Gasteiger partial charge < -0.3 is 9.88 Å². The molecule has 2 aromatic carbocycles. The van der Waals surface area contributed by atoms with Crippen LogP contribution in [0.25, 0.3) is 0 Å². The molecule has 3 aromatic rings. The SMILES string of the molecule is Cc1ccccc1Cn1ccnc1Nc1ccccc1. The van der Waals surface area contributed by atoms with Crippen molar-refractivity contribution in [3.05, 3.63) is 78.1 Å². The van der Waals surface area contributed by atoms with Crippen LogP contribution in [-0.2, 0) is 6.54 Å². The largest absolute Gasteiger partial charge is 0.326 e. The van der Waals surface area contributed by atoms with Gasteiger partial charge in [0.2, 0.25) is 5.95 Å². The molecule has 0 unspecified atom stereocenters. The van der Waals surface area contributed by atoms with E-state index in [4.69, 9.17) is 0 Å². The zero-order valence-corrected chi connectivity index (χ0v) is 11.5. The highest BCUT2D eigenvalue weighted by Crippen LogP contribution is 2.17. The van der Waals surface area contributed by atoms with Crippen LogP contribution in [0.1, 0.15) is 11.1 Å². The van der Waals surface area contributed by atoms with Crippen molar-refractivity contribution in [3.63, 3.8) is 0 Å². The van der Waals surface area contributed by atoms with Gasteiger partial charge in [0, 0.05) is 18.1 Å². The summed E-state index contributed by atoms with van der Waals surface area (Å²) in [7, 11) is 0. The van der Waals surface area contributed by atoms with Crippen molar-refractivity contribution < 1.29 is 0 Å². The first-order valence-corrected chi connectivity index (χ1v) is 6.70. The molecular weight excluding hydrogens is 246 g/mol. The molecule has 0 atom stereocenters. The van der Waals surface area contributed by atoms with E-state index < -0.39 is 0 Å². The highest BCUT2D eigenvalue weighted by molar-refractivity contribution is 5.53. The highest BCUT2D eigenvalue weighted by atomic mass is 15.2. The summed E-state index contributed by atoms with van der Waals surface area (Å²) in [5, 5.41) is 3.34. The van der Waals surface area contributed by atoms with Crippen molar-refractivity contribution in [2.24, 2.45) is 0 Å². The van der Waals surface area contributed by atoms with Gasteiger partial charge in [-0.1, -0.05) is 42.5 Å². The number of rotatable bonds is 4. The van der Waals surface area contributed by atoms with Crippen LogP contribution < -0.4 is 5.32 Å². The molecule has 0 amide bonds. The van der Waals surface area contributed by atoms with E-state index in [0.717, 1.165) is 18.2 Å². The fourth-order valence-corrected chi connectivity index (χ4v) is 2.18. The topological polar surface area (TPSA) is 29.9 Å². The van der Waals surface area contributed by atoms with E-state index in [1.54, 1.807) is 0 Å². The average molecular weight is 263 g/mol. The summed E-state index contributed by atoms with van der Waals surface area (Å²) >= 11 is 0. The molecular formula is C17H17N3. The third-order valence-electron chi connectivity index (χ3n) is 3.35. The molecule has 0 spiro atoms. The average Bonchev–Trinajstić information content (AvgIpc) is 2.90. The molecule has 0 aliphatic heterocycles. The first kappa shape index (κ1) is 12.5. The standard InChI is InChI=1S/C17H17N3/c1-14-7-5-6-8-15(14)13-20-12-11-18-17(20)19-16-9-3-2-4-10-16/h2-12H,13H2,1H3,(H,18,19). The van der Waals surface area contributed by atoms with E-state index in [1.807, 2.05) is 42.7 Å². The number of nitrogens with zero attached hydrogens (tertiary/aromatic N) is 2. The van der Waals surface area contributed by atoms with Gasteiger partial charge in [-0.2, -0.15) is 0 Å². The Bertz CT molecular complexity index is 686. The minimum absolute atomic E-state index is 0.821. The molecule has 0 aliphatic rings. The zero-order chi connectivity index (χ0) is 13.8. The molecule has 0 bridgehead atoms. The third kappa shape index (κ3) is 2.72. The molecule has 0 fully saturated rings. The maximum Gasteiger partial charge on any atom is 0.207 e. The molecule has 1 aromatic heterocycles. The summed E-state index contributed by atoms with van der Waals surface area (Å²) in [6, 6.07) is 18.5. The normalized spacial score (nSPS) is 10.4. The van der Waals surface area contributed by atoms with E-state index in [9.17, 15) is 0 Å². The predicted octanol–water partition coefficient (Wildman–Crippen LogP) is 3.98. The Labute approximate surface area is 118 Å². The van der Waals surface area contributed by atoms with Crippen LogP contribution in [0.4, 0.5) is 11.6 Å². The molecule has 1 N–H and O–H groups in total. The molecule has 3 rings (SSSR count). The zero-order valence-electron chi connectivity index (χ0n) is 11.5. The maximum absolute atomic E-state index is 4.39. The number of imidazole rings is 1. The molecule has 100 valence electrons. The third-order valence-corrected chi connectivity index (χ3v) is 3.35. The van der Waals surface area contributed by atoms with Crippen LogP contribution in [0.15, 0.2) is 67.0 Å². The molecule has 3 nitrogen and oxygen atoms in total. The number of benzene rings is 2. The van der Waals surface area contributed by atoms with Crippen molar-refractivity contribution in [2.75, 3.05) is 5.32 Å². The van der Waals surface area contributed by atoms with Crippen molar-refractivity contribution in [1.29, 1.82) is 0 Å². The van der Waals surface area contributed by atoms with E-state index in [0.29, 0.717) is 0 Å². The number of para-hydroxylation sites is 1. The second kappa shape index (κ2) is 5.61. The van der Waals surface area contributed by atoms with Gasteiger partial charge in [-0.05, 0) is 30.2 Å². The van der Waals surface area contributed by atoms with Crippen molar-refractivity contribution >= 4 is 11.6 Å². The van der Waals surface area contributed by atoms with Crippen LogP contribution in [0.3, 0.4) is 0 Å². The van der Waals surface area contributed by atoms with Crippen molar-refractivity contribution in [1.82, 2.24) is 9.55 Å². The lowest BCUT2D eigenvalue weighted by molar-refractivity contribution is 0.802. The van der Waals surface area contributed by atoms with Gasteiger partial charge in [0.05, 0.1) is 6.54 Å². The smallest absolute Gasteiger partial charge is 0.207 e. The molecule has 20 heavy (non-hydrogen) atoms. The molecule has 3 heteroatoms. The van der Waals surface area contributed by atoms with E-state index in [1.165, 1.54) is 11.1 Å². The number of hydrogen-bond donors (Lipinski definition) is 1. The Morgan fingerprint density at radius 1 is 1.00 bits per heavy atom. The number of aryl methyl sites for hydroxylation is 1.